The Hall–Kier alpha value is -1.62. The summed E-state index contributed by atoms with van der Waals surface area (Å²) in [7, 11) is 1.58. The SMILES string of the molecule is CCCOC[C@H]1CCN(C(=O)c2cc(OC)ccn2)C1. The van der Waals surface area contributed by atoms with Gasteiger partial charge in [-0.15, -0.1) is 0 Å². The highest BCUT2D eigenvalue weighted by molar-refractivity contribution is 5.92. The molecule has 0 spiro atoms. The zero-order valence-electron chi connectivity index (χ0n) is 12.2. The summed E-state index contributed by atoms with van der Waals surface area (Å²) < 4.78 is 10.7. The van der Waals surface area contributed by atoms with Gasteiger partial charge in [0.1, 0.15) is 11.4 Å². The summed E-state index contributed by atoms with van der Waals surface area (Å²) in [6, 6.07) is 3.42. The van der Waals surface area contributed by atoms with Crippen molar-refractivity contribution in [1.29, 1.82) is 0 Å². The van der Waals surface area contributed by atoms with Crippen LogP contribution in [-0.4, -0.2) is 49.2 Å². The average Bonchev–Trinajstić information content (AvgIpc) is 2.95. The van der Waals surface area contributed by atoms with Gasteiger partial charge in [0.05, 0.1) is 13.7 Å². The molecule has 1 amide bonds. The number of methoxy groups -OCH3 is 1. The zero-order valence-corrected chi connectivity index (χ0v) is 12.2. The van der Waals surface area contributed by atoms with Crippen LogP contribution < -0.4 is 4.74 Å². The van der Waals surface area contributed by atoms with Crippen molar-refractivity contribution < 1.29 is 14.3 Å². The average molecular weight is 278 g/mol. The second kappa shape index (κ2) is 7.24. The normalized spacial score (nSPS) is 18.3. The Balaban J connectivity index is 1.90. The van der Waals surface area contributed by atoms with E-state index in [-0.39, 0.29) is 5.91 Å². The monoisotopic (exact) mass is 278 g/mol. The molecule has 1 aromatic heterocycles. The molecule has 1 fully saturated rings. The minimum atomic E-state index is -0.0260. The predicted octanol–water partition coefficient (Wildman–Crippen LogP) is 1.98. The topological polar surface area (TPSA) is 51.7 Å². The Morgan fingerprint density at radius 1 is 1.55 bits per heavy atom. The van der Waals surface area contributed by atoms with Gasteiger partial charge in [-0.2, -0.15) is 0 Å². The second-order valence-corrected chi connectivity index (χ2v) is 5.06. The highest BCUT2D eigenvalue weighted by atomic mass is 16.5. The number of likely N-dealkylation sites (tertiary alicyclic amines) is 1. The van der Waals surface area contributed by atoms with E-state index in [1.54, 1.807) is 25.4 Å². The van der Waals surface area contributed by atoms with E-state index in [0.717, 1.165) is 39.1 Å². The highest BCUT2D eigenvalue weighted by Crippen LogP contribution is 2.20. The molecule has 5 heteroatoms. The van der Waals surface area contributed by atoms with Crippen molar-refractivity contribution in [3.8, 4) is 5.75 Å². The van der Waals surface area contributed by atoms with Crippen molar-refractivity contribution in [3.05, 3.63) is 24.0 Å². The third kappa shape index (κ3) is 3.70. The van der Waals surface area contributed by atoms with Crippen molar-refractivity contribution in [2.24, 2.45) is 5.92 Å². The molecule has 0 bridgehead atoms. The van der Waals surface area contributed by atoms with E-state index in [4.69, 9.17) is 9.47 Å². The summed E-state index contributed by atoms with van der Waals surface area (Å²) in [4.78, 5) is 18.3. The molecule has 1 aliphatic heterocycles. The molecule has 20 heavy (non-hydrogen) atoms. The maximum atomic E-state index is 12.4. The van der Waals surface area contributed by atoms with Gasteiger partial charge in [-0.25, -0.2) is 0 Å². The van der Waals surface area contributed by atoms with Crippen molar-refractivity contribution in [2.75, 3.05) is 33.4 Å². The quantitative estimate of drug-likeness (QED) is 0.747. The molecule has 0 radical (unpaired) electrons. The van der Waals surface area contributed by atoms with Crippen LogP contribution in [0.4, 0.5) is 0 Å². The van der Waals surface area contributed by atoms with Crippen LogP contribution in [0.5, 0.6) is 5.75 Å². The van der Waals surface area contributed by atoms with Gasteiger partial charge in [-0.05, 0) is 18.9 Å². The van der Waals surface area contributed by atoms with E-state index in [1.165, 1.54) is 0 Å². The summed E-state index contributed by atoms with van der Waals surface area (Å²) in [5.41, 5.74) is 0.444. The van der Waals surface area contributed by atoms with Crippen molar-refractivity contribution in [3.63, 3.8) is 0 Å². The van der Waals surface area contributed by atoms with Crippen molar-refractivity contribution in [1.82, 2.24) is 9.88 Å². The Bertz CT molecular complexity index is 450. The first-order chi connectivity index (χ1) is 9.74. The third-order valence-corrected chi connectivity index (χ3v) is 3.46. The largest absolute Gasteiger partial charge is 0.497 e. The zero-order chi connectivity index (χ0) is 14.4. The van der Waals surface area contributed by atoms with E-state index < -0.39 is 0 Å². The number of hydrogen-bond donors (Lipinski definition) is 0. The fourth-order valence-corrected chi connectivity index (χ4v) is 2.36. The van der Waals surface area contributed by atoms with E-state index in [2.05, 4.69) is 11.9 Å². The maximum Gasteiger partial charge on any atom is 0.272 e. The van der Waals surface area contributed by atoms with E-state index >= 15 is 0 Å². The molecule has 2 rings (SSSR count). The maximum absolute atomic E-state index is 12.4. The molecule has 110 valence electrons. The van der Waals surface area contributed by atoms with Crippen LogP contribution in [0.2, 0.25) is 0 Å². The number of aromatic nitrogens is 1. The van der Waals surface area contributed by atoms with Gasteiger partial charge < -0.3 is 14.4 Å². The number of rotatable bonds is 6. The van der Waals surface area contributed by atoms with Gasteiger partial charge in [-0.3, -0.25) is 9.78 Å². The predicted molar refractivity (Wildman–Crippen MR) is 75.9 cm³/mol. The lowest BCUT2D eigenvalue weighted by molar-refractivity contribution is 0.0749. The summed E-state index contributed by atoms with van der Waals surface area (Å²) >= 11 is 0. The van der Waals surface area contributed by atoms with Crippen LogP contribution in [0, 0.1) is 5.92 Å². The summed E-state index contributed by atoms with van der Waals surface area (Å²) in [5, 5.41) is 0. The summed E-state index contributed by atoms with van der Waals surface area (Å²) in [6.45, 7) is 5.16. The number of nitrogens with zero attached hydrogens (tertiary/aromatic N) is 2. The molecule has 1 atom stereocenters. The first kappa shape index (κ1) is 14.8. The van der Waals surface area contributed by atoms with Crippen LogP contribution >= 0.6 is 0 Å². The molecule has 1 saturated heterocycles. The van der Waals surface area contributed by atoms with Gasteiger partial charge in [0, 0.05) is 37.9 Å². The van der Waals surface area contributed by atoms with E-state index in [0.29, 0.717) is 17.4 Å². The fourth-order valence-electron chi connectivity index (χ4n) is 2.36. The Morgan fingerprint density at radius 2 is 2.40 bits per heavy atom. The Morgan fingerprint density at radius 3 is 3.15 bits per heavy atom. The molecule has 0 saturated carbocycles. The molecule has 1 aliphatic rings. The summed E-state index contributed by atoms with van der Waals surface area (Å²) in [6.07, 6.45) is 3.63. The van der Waals surface area contributed by atoms with Crippen LogP contribution in [0.25, 0.3) is 0 Å². The molecular formula is C15H22N2O3. The lowest BCUT2D eigenvalue weighted by Crippen LogP contribution is -2.30. The standard InChI is InChI=1S/C15H22N2O3/c1-3-8-20-11-12-5-7-17(10-12)15(18)14-9-13(19-2)4-6-16-14/h4,6,9,12H,3,5,7-8,10-11H2,1-2H3/t12-/m0/s1. The second-order valence-electron chi connectivity index (χ2n) is 5.06. The smallest absolute Gasteiger partial charge is 0.272 e. The van der Waals surface area contributed by atoms with Gasteiger partial charge >= 0.3 is 0 Å². The highest BCUT2D eigenvalue weighted by Gasteiger charge is 2.27. The lowest BCUT2D eigenvalue weighted by atomic mass is 10.1. The Kier molecular flexibility index (Phi) is 5.35. The minimum absolute atomic E-state index is 0.0260. The third-order valence-electron chi connectivity index (χ3n) is 3.46. The van der Waals surface area contributed by atoms with Gasteiger partial charge in [0.25, 0.3) is 5.91 Å². The van der Waals surface area contributed by atoms with Crippen LogP contribution in [0.1, 0.15) is 30.3 Å². The van der Waals surface area contributed by atoms with Crippen LogP contribution in [0.3, 0.4) is 0 Å². The number of carbonyl (C=O) groups is 1. The molecular weight excluding hydrogens is 256 g/mol. The number of carbonyl (C=O) groups excluding carboxylic acids is 1. The molecule has 1 aromatic rings. The molecule has 0 unspecified atom stereocenters. The van der Waals surface area contributed by atoms with Crippen LogP contribution in [0.15, 0.2) is 18.3 Å². The summed E-state index contributed by atoms with van der Waals surface area (Å²) in [5.74, 6) is 1.07. The molecule has 0 aliphatic carbocycles. The first-order valence-electron chi connectivity index (χ1n) is 7.11. The number of hydrogen-bond acceptors (Lipinski definition) is 4. The first-order valence-corrected chi connectivity index (χ1v) is 7.11. The van der Waals surface area contributed by atoms with E-state index in [1.807, 2.05) is 4.90 Å². The molecule has 5 nitrogen and oxygen atoms in total. The lowest BCUT2D eigenvalue weighted by Gasteiger charge is -2.16. The fraction of sp³-hybridized carbons (Fsp3) is 0.600. The molecule has 2 heterocycles. The number of pyridine rings is 1. The van der Waals surface area contributed by atoms with Crippen molar-refractivity contribution in [2.45, 2.75) is 19.8 Å². The van der Waals surface area contributed by atoms with Gasteiger partial charge in [0.15, 0.2) is 0 Å². The Labute approximate surface area is 119 Å². The number of ether oxygens (including phenoxy) is 2. The van der Waals surface area contributed by atoms with Gasteiger partial charge in [-0.1, -0.05) is 6.92 Å². The molecule has 0 N–H and O–H groups in total. The minimum Gasteiger partial charge on any atom is -0.497 e. The van der Waals surface area contributed by atoms with E-state index in [9.17, 15) is 4.79 Å². The number of amides is 1. The van der Waals surface area contributed by atoms with Crippen LogP contribution in [-0.2, 0) is 4.74 Å². The van der Waals surface area contributed by atoms with Crippen molar-refractivity contribution >= 4 is 5.91 Å². The van der Waals surface area contributed by atoms with Gasteiger partial charge in [0.2, 0.25) is 0 Å². The molecule has 0 aromatic carbocycles.